The van der Waals surface area contributed by atoms with Gasteiger partial charge in [0.15, 0.2) is 9.84 Å². The van der Waals surface area contributed by atoms with Crippen LogP contribution in [0.5, 0.6) is 0 Å². The summed E-state index contributed by atoms with van der Waals surface area (Å²) in [5.74, 6) is -1.31. The molecule has 0 saturated carbocycles. The number of sulfone groups is 1. The van der Waals surface area contributed by atoms with E-state index in [1.54, 1.807) is 24.3 Å². The minimum Gasteiger partial charge on any atom is -0.303 e. The Morgan fingerprint density at radius 2 is 1.87 bits per heavy atom. The van der Waals surface area contributed by atoms with Gasteiger partial charge < -0.3 is 4.79 Å². The van der Waals surface area contributed by atoms with Crippen LogP contribution in [0.4, 0.5) is 0 Å². The van der Waals surface area contributed by atoms with E-state index in [4.69, 9.17) is 6.92 Å². The SMILES string of the molecule is [CH][C@H](C=O)CS(=O)(=O)Cc1ccccc1. The van der Waals surface area contributed by atoms with Crippen molar-refractivity contribution in [2.24, 2.45) is 5.92 Å². The first kappa shape index (κ1) is 11.9. The minimum absolute atomic E-state index is 0.0740. The van der Waals surface area contributed by atoms with Crippen molar-refractivity contribution in [3.63, 3.8) is 0 Å². The molecular formula is C11H12O3S. The van der Waals surface area contributed by atoms with Crippen LogP contribution in [0.2, 0.25) is 0 Å². The van der Waals surface area contributed by atoms with Gasteiger partial charge in [-0.05, 0) is 12.5 Å². The molecule has 1 rings (SSSR count). The molecule has 1 aromatic rings. The van der Waals surface area contributed by atoms with Crippen molar-refractivity contribution in [1.29, 1.82) is 0 Å². The van der Waals surface area contributed by atoms with Gasteiger partial charge in [-0.1, -0.05) is 30.3 Å². The number of carbonyl (C=O) groups excluding carboxylic acids is 1. The molecule has 0 saturated heterocycles. The lowest BCUT2D eigenvalue weighted by atomic mass is 10.2. The molecule has 0 unspecified atom stereocenters. The van der Waals surface area contributed by atoms with Crippen molar-refractivity contribution in [3.05, 3.63) is 42.8 Å². The monoisotopic (exact) mass is 224 g/mol. The van der Waals surface area contributed by atoms with Gasteiger partial charge in [-0.2, -0.15) is 0 Å². The quantitative estimate of drug-likeness (QED) is 0.704. The predicted octanol–water partition coefficient (Wildman–Crippen LogP) is 1.13. The molecule has 3 nitrogen and oxygen atoms in total. The van der Waals surface area contributed by atoms with Gasteiger partial charge in [-0.25, -0.2) is 8.42 Å². The Labute approximate surface area is 90.0 Å². The van der Waals surface area contributed by atoms with E-state index in [1.807, 2.05) is 6.07 Å². The third-order valence-electron chi connectivity index (χ3n) is 1.85. The van der Waals surface area contributed by atoms with Crippen LogP contribution in [-0.4, -0.2) is 20.5 Å². The molecular weight excluding hydrogens is 212 g/mol. The van der Waals surface area contributed by atoms with Crippen molar-refractivity contribution in [1.82, 2.24) is 0 Å². The molecule has 0 aliphatic rings. The van der Waals surface area contributed by atoms with Crippen LogP contribution in [-0.2, 0) is 20.4 Å². The molecule has 0 spiro atoms. The van der Waals surface area contributed by atoms with Gasteiger partial charge in [0.2, 0.25) is 0 Å². The molecule has 0 bridgehead atoms. The largest absolute Gasteiger partial charge is 0.303 e. The predicted molar refractivity (Wildman–Crippen MR) is 57.8 cm³/mol. The fourth-order valence-electron chi connectivity index (χ4n) is 1.22. The van der Waals surface area contributed by atoms with Gasteiger partial charge in [0.1, 0.15) is 6.29 Å². The number of carbonyl (C=O) groups is 1. The summed E-state index contributed by atoms with van der Waals surface area (Å²) in [5.41, 5.74) is 0.704. The molecule has 0 fully saturated rings. The summed E-state index contributed by atoms with van der Waals surface area (Å²) in [7, 11) is -3.30. The first-order valence-electron chi connectivity index (χ1n) is 4.49. The standard InChI is InChI=1S/C11H12O3S/c1-10(7-12)8-15(13,14)9-11-5-3-2-4-6-11/h1-7,10H,8-9H2/t10-/m1/s1. The van der Waals surface area contributed by atoms with Crippen molar-refractivity contribution in [3.8, 4) is 0 Å². The van der Waals surface area contributed by atoms with E-state index in [-0.39, 0.29) is 11.5 Å². The van der Waals surface area contributed by atoms with Crippen molar-refractivity contribution in [2.75, 3.05) is 5.75 Å². The molecule has 1 aromatic carbocycles. The summed E-state index contributed by atoms with van der Waals surface area (Å²) in [4.78, 5) is 10.2. The van der Waals surface area contributed by atoms with Crippen LogP contribution in [0.1, 0.15) is 5.56 Å². The highest BCUT2D eigenvalue weighted by Crippen LogP contribution is 2.08. The number of aldehydes is 1. The lowest BCUT2D eigenvalue weighted by molar-refractivity contribution is -0.109. The fraction of sp³-hybridized carbons (Fsp3) is 0.273. The molecule has 0 amide bonds. The van der Waals surface area contributed by atoms with Gasteiger partial charge in [-0.15, -0.1) is 0 Å². The van der Waals surface area contributed by atoms with Crippen LogP contribution < -0.4 is 0 Å². The van der Waals surface area contributed by atoms with Crippen molar-refractivity contribution in [2.45, 2.75) is 5.75 Å². The van der Waals surface area contributed by atoms with E-state index in [2.05, 4.69) is 0 Å². The Bertz CT molecular complexity index is 409. The summed E-state index contributed by atoms with van der Waals surface area (Å²) >= 11 is 0. The van der Waals surface area contributed by atoms with Crippen molar-refractivity contribution < 1.29 is 13.2 Å². The molecule has 0 aliphatic carbocycles. The van der Waals surface area contributed by atoms with E-state index in [9.17, 15) is 13.2 Å². The second kappa shape index (κ2) is 5.07. The van der Waals surface area contributed by atoms with E-state index < -0.39 is 15.8 Å². The second-order valence-corrected chi connectivity index (χ2v) is 5.45. The Balaban J connectivity index is 2.69. The van der Waals surface area contributed by atoms with Gasteiger partial charge in [0, 0.05) is 5.92 Å². The third kappa shape index (κ3) is 4.25. The molecule has 0 aromatic heterocycles. The lowest BCUT2D eigenvalue weighted by Crippen LogP contribution is -2.16. The Hall–Kier alpha value is -1.16. The summed E-state index contributed by atoms with van der Waals surface area (Å²) in [6, 6.07) is 8.80. The lowest BCUT2D eigenvalue weighted by Gasteiger charge is -2.05. The number of hydrogen-bond acceptors (Lipinski definition) is 3. The highest BCUT2D eigenvalue weighted by atomic mass is 32.2. The van der Waals surface area contributed by atoms with E-state index in [0.717, 1.165) is 0 Å². The van der Waals surface area contributed by atoms with Crippen LogP contribution in [0.15, 0.2) is 30.3 Å². The topological polar surface area (TPSA) is 51.2 Å². The maximum Gasteiger partial charge on any atom is 0.155 e. The Morgan fingerprint density at radius 1 is 1.27 bits per heavy atom. The van der Waals surface area contributed by atoms with Gasteiger partial charge in [0.05, 0.1) is 11.5 Å². The van der Waals surface area contributed by atoms with Crippen LogP contribution in [0.3, 0.4) is 0 Å². The first-order valence-corrected chi connectivity index (χ1v) is 6.31. The van der Waals surface area contributed by atoms with Gasteiger partial charge >= 0.3 is 0 Å². The van der Waals surface area contributed by atoms with Crippen LogP contribution in [0, 0.1) is 12.8 Å². The normalized spacial score (nSPS) is 13.4. The number of benzene rings is 1. The average Bonchev–Trinajstić information content (AvgIpc) is 2.17. The van der Waals surface area contributed by atoms with Crippen LogP contribution in [0.25, 0.3) is 0 Å². The Kier molecular flexibility index (Phi) is 4.03. The molecule has 0 aliphatic heterocycles. The third-order valence-corrected chi connectivity index (χ3v) is 3.52. The molecule has 1 atom stereocenters. The zero-order valence-electron chi connectivity index (χ0n) is 8.17. The molecule has 80 valence electrons. The van der Waals surface area contributed by atoms with E-state index in [1.165, 1.54) is 0 Å². The van der Waals surface area contributed by atoms with Gasteiger partial charge in [0.25, 0.3) is 0 Å². The average molecular weight is 224 g/mol. The summed E-state index contributed by atoms with van der Waals surface area (Å²) in [5, 5.41) is 0. The summed E-state index contributed by atoms with van der Waals surface area (Å²) in [6.45, 7) is 5.27. The summed E-state index contributed by atoms with van der Waals surface area (Å²) < 4.78 is 23.1. The zero-order valence-corrected chi connectivity index (χ0v) is 8.98. The fourth-order valence-corrected chi connectivity index (χ4v) is 2.70. The highest BCUT2D eigenvalue weighted by molar-refractivity contribution is 7.90. The summed E-state index contributed by atoms with van der Waals surface area (Å²) in [6.07, 6.45) is 0.447. The molecule has 0 heterocycles. The second-order valence-electron chi connectivity index (χ2n) is 3.34. The zero-order chi connectivity index (χ0) is 11.3. The van der Waals surface area contributed by atoms with Gasteiger partial charge in [-0.3, -0.25) is 0 Å². The Morgan fingerprint density at radius 3 is 2.40 bits per heavy atom. The number of hydrogen-bond donors (Lipinski definition) is 0. The molecule has 4 heteroatoms. The highest BCUT2D eigenvalue weighted by Gasteiger charge is 2.15. The first-order chi connectivity index (χ1) is 7.03. The smallest absolute Gasteiger partial charge is 0.155 e. The molecule has 15 heavy (non-hydrogen) atoms. The number of rotatable bonds is 5. The van der Waals surface area contributed by atoms with E-state index >= 15 is 0 Å². The van der Waals surface area contributed by atoms with E-state index in [0.29, 0.717) is 11.8 Å². The maximum absolute atomic E-state index is 11.5. The maximum atomic E-state index is 11.5. The molecule has 0 N–H and O–H groups in total. The molecule has 2 radical (unpaired) electrons. The van der Waals surface area contributed by atoms with Crippen molar-refractivity contribution >= 4 is 16.1 Å². The van der Waals surface area contributed by atoms with Crippen LogP contribution >= 0.6 is 0 Å². The minimum atomic E-state index is -3.30.